The van der Waals surface area contributed by atoms with Crippen molar-refractivity contribution in [3.05, 3.63) is 29.8 Å². The number of ether oxygens (including phenoxy) is 3. The van der Waals surface area contributed by atoms with Crippen LogP contribution in [-0.4, -0.2) is 53.3 Å². The third kappa shape index (κ3) is 7.20. The minimum Gasteiger partial charge on any atom is -0.507 e. The summed E-state index contributed by atoms with van der Waals surface area (Å²) < 4.78 is 16.8. The third-order valence-corrected chi connectivity index (χ3v) is 5.64. The van der Waals surface area contributed by atoms with Gasteiger partial charge in [-0.25, -0.2) is 4.79 Å². The van der Waals surface area contributed by atoms with E-state index < -0.39 is 54.1 Å². The lowest BCUT2D eigenvalue weighted by atomic mass is 9.92. The molecule has 5 atom stereocenters. The predicted octanol–water partition coefficient (Wildman–Crippen LogP) is 3.13. The summed E-state index contributed by atoms with van der Waals surface area (Å²) in [6.07, 6.45) is -1.00. The van der Waals surface area contributed by atoms with Gasteiger partial charge in [-0.1, -0.05) is 45.7 Å². The molecule has 0 aliphatic carbocycles. The first-order chi connectivity index (χ1) is 16.0. The maximum Gasteiger partial charge on any atom is 0.332 e. The molecule has 1 amide bonds. The van der Waals surface area contributed by atoms with Crippen LogP contribution in [0.1, 0.15) is 70.7 Å². The molecule has 0 saturated carbocycles. The van der Waals surface area contributed by atoms with Gasteiger partial charge in [0, 0.05) is 6.42 Å². The summed E-state index contributed by atoms with van der Waals surface area (Å²) in [4.78, 5) is 51.3. The van der Waals surface area contributed by atoms with E-state index in [0.29, 0.717) is 12.8 Å². The summed E-state index contributed by atoms with van der Waals surface area (Å²) >= 11 is 0. The van der Waals surface area contributed by atoms with Gasteiger partial charge in [-0.15, -0.1) is 0 Å². The van der Waals surface area contributed by atoms with Crippen LogP contribution in [0, 0.1) is 11.8 Å². The third-order valence-electron chi connectivity index (χ3n) is 5.64. The topological polar surface area (TPSA) is 128 Å². The molecule has 1 aliphatic heterocycles. The average molecular weight is 478 g/mol. The van der Waals surface area contributed by atoms with Crippen LogP contribution in [-0.2, 0) is 28.6 Å². The van der Waals surface area contributed by atoms with Crippen molar-refractivity contribution in [2.75, 3.05) is 0 Å². The van der Waals surface area contributed by atoms with Gasteiger partial charge in [0.2, 0.25) is 0 Å². The number of unbranched alkanes of at least 4 members (excludes halogenated alkanes) is 1. The molecule has 0 radical (unpaired) electrons. The van der Waals surface area contributed by atoms with Crippen LogP contribution in [0.5, 0.6) is 5.75 Å². The van der Waals surface area contributed by atoms with Crippen molar-refractivity contribution in [1.29, 1.82) is 0 Å². The number of carbonyl (C=O) groups is 4. The molecule has 34 heavy (non-hydrogen) atoms. The number of hydrogen-bond donors (Lipinski definition) is 2. The fourth-order valence-corrected chi connectivity index (χ4v) is 3.79. The highest BCUT2D eigenvalue weighted by Gasteiger charge is 2.43. The number of amides is 1. The van der Waals surface area contributed by atoms with E-state index >= 15 is 0 Å². The summed E-state index contributed by atoms with van der Waals surface area (Å²) in [5.41, 5.74) is -0.0388. The molecule has 1 heterocycles. The van der Waals surface area contributed by atoms with Gasteiger partial charge in [0.1, 0.15) is 18.0 Å². The Hall–Kier alpha value is -3.10. The van der Waals surface area contributed by atoms with E-state index in [2.05, 4.69) is 5.32 Å². The molecule has 188 valence electrons. The quantitative estimate of drug-likeness (QED) is 0.432. The summed E-state index contributed by atoms with van der Waals surface area (Å²) in [6, 6.07) is 4.54. The van der Waals surface area contributed by atoms with Crippen LogP contribution >= 0.6 is 0 Å². The lowest BCUT2D eigenvalue weighted by Crippen LogP contribution is -2.50. The Kier molecular flexibility index (Phi) is 9.89. The molecule has 0 aromatic heterocycles. The highest BCUT2D eigenvalue weighted by Crippen LogP contribution is 2.27. The van der Waals surface area contributed by atoms with Crippen molar-refractivity contribution in [3.63, 3.8) is 0 Å². The van der Waals surface area contributed by atoms with E-state index in [4.69, 9.17) is 14.2 Å². The lowest BCUT2D eigenvalue weighted by molar-refractivity contribution is -0.175. The Bertz CT molecular complexity index is 883. The number of benzene rings is 1. The van der Waals surface area contributed by atoms with Crippen LogP contribution < -0.4 is 5.32 Å². The van der Waals surface area contributed by atoms with Crippen LogP contribution in [0.25, 0.3) is 0 Å². The number of cyclic esters (lactones) is 2. The maximum atomic E-state index is 13.1. The highest BCUT2D eigenvalue weighted by atomic mass is 16.6. The Morgan fingerprint density at radius 1 is 1.09 bits per heavy atom. The second-order valence-corrected chi connectivity index (χ2v) is 9.05. The van der Waals surface area contributed by atoms with Crippen molar-refractivity contribution in [2.45, 2.75) is 84.7 Å². The molecule has 0 spiro atoms. The van der Waals surface area contributed by atoms with Gasteiger partial charge >= 0.3 is 17.9 Å². The van der Waals surface area contributed by atoms with Gasteiger partial charge < -0.3 is 24.6 Å². The summed E-state index contributed by atoms with van der Waals surface area (Å²) in [7, 11) is 0. The Labute approximate surface area is 200 Å². The number of nitrogens with one attached hydrogen (secondary N) is 1. The van der Waals surface area contributed by atoms with Crippen molar-refractivity contribution >= 4 is 23.8 Å². The van der Waals surface area contributed by atoms with Crippen molar-refractivity contribution in [2.24, 2.45) is 11.8 Å². The lowest BCUT2D eigenvalue weighted by Gasteiger charge is -2.29. The molecule has 9 heteroatoms. The van der Waals surface area contributed by atoms with E-state index in [1.165, 1.54) is 19.1 Å². The fourth-order valence-electron chi connectivity index (χ4n) is 3.79. The molecule has 2 N–H and O–H groups in total. The first kappa shape index (κ1) is 27.1. The molecule has 1 fully saturated rings. The van der Waals surface area contributed by atoms with Gasteiger partial charge in [0.05, 0.1) is 11.5 Å². The van der Waals surface area contributed by atoms with Crippen molar-refractivity contribution in [1.82, 2.24) is 5.32 Å². The summed E-state index contributed by atoms with van der Waals surface area (Å²) in [6.45, 7) is 8.74. The van der Waals surface area contributed by atoms with E-state index in [1.807, 2.05) is 20.8 Å². The number of esters is 3. The van der Waals surface area contributed by atoms with Crippen LogP contribution in [0.4, 0.5) is 0 Å². The average Bonchev–Trinajstić information content (AvgIpc) is 2.77. The second kappa shape index (κ2) is 12.4. The van der Waals surface area contributed by atoms with Crippen LogP contribution in [0.15, 0.2) is 24.3 Å². The van der Waals surface area contributed by atoms with Crippen molar-refractivity contribution in [3.8, 4) is 5.75 Å². The number of carbonyl (C=O) groups excluding carboxylic acids is 4. The van der Waals surface area contributed by atoms with Gasteiger partial charge in [0.25, 0.3) is 5.91 Å². The molecule has 0 bridgehead atoms. The highest BCUT2D eigenvalue weighted by molar-refractivity contribution is 5.99. The number of phenolic OH excluding ortho intramolecular Hbond substituents is 1. The minimum absolute atomic E-state index is 0.0388. The maximum absolute atomic E-state index is 13.1. The number of phenols is 1. The van der Waals surface area contributed by atoms with E-state index in [-0.39, 0.29) is 23.7 Å². The first-order valence-electron chi connectivity index (χ1n) is 11.7. The summed E-state index contributed by atoms with van der Waals surface area (Å²) in [5.74, 6) is -3.71. The normalized spacial score (nSPS) is 25.4. The van der Waals surface area contributed by atoms with Gasteiger partial charge in [-0.05, 0) is 38.3 Å². The standard InChI is InChI=1S/C25H35NO8/c1-6-7-10-18-22(34-20(28)13-14(2)3)16(5)33-25(31)21(15(4)32-24(18)30)26-23(29)17-11-8-9-12-19(17)27/h8-9,11-12,14-16,18,21-22,27H,6-7,10,13H2,1-5H3,(H,26,29)/t15-,16+,18-,21+,22+/m1/s1. The van der Waals surface area contributed by atoms with Crippen LogP contribution in [0.2, 0.25) is 0 Å². The molecule has 0 unspecified atom stereocenters. The largest absolute Gasteiger partial charge is 0.507 e. The number of rotatable bonds is 8. The monoisotopic (exact) mass is 477 g/mol. The first-order valence-corrected chi connectivity index (χ1v) is 11.7. The molecule has 9 nitrogen and oxygen atoms in total. The van der Waals surface area contributed by atoms with E-state index in [9.17, 15) is 24.3 Å². The van der Waals surface area contributed by atoms with E-state index in [1.54, 1.807) is 19.1 Å². The Morgan fingerprint density at radius 2 is 1.74 bits per heavy atom. The molecule has 1 aliphatic rings. The van der Waals surface area contributed by atoms with Crippen LogP contribution in [0.3, 0.4) is 0 Å². The zero-order chi connectivity index (χ0) is 25.4. The molecular weight excluding hydrogens is 442 g/mol. The number of para-hydroxylation sites is 1. The minimum atomic E-state index is -1.32. The fraction of sp³-hybridized carbons (Fsp3) is 0.600. The van der Waals surface area contributed by atoms with E-state index in [0.717, 1.165) is 6.42 Å². The number of hydrogen-bond acceptors (Lipinski definition) is 8. The zero-order valence-electron chi connectivity index (χ0n) is 20.4. The predicted molar refractivity (Wildman–Crippen MR) is 123 cm³/mol. The van der Waals surface area contributed by atoms with Crippen molar-refractivity contribution < 1.29 is 38.5 Å². The second-order valence-electron chi connectivity index (χ2n) is 9.05. The van der Waals surface area contributed by atoms with Gasteiger partial charge in [-0.3, -0.25) is 14.4 Å². The molecule has 1 aromatic carbocycles. The smallest absolute Gasteiger partial charge is 0.332 e. The zero-order valence-corrected chi connectivity index (χ0v) is 20.4. The Balaban J connectivity index is 2.32. The SMILES string of the molecule is CCCC[C@H]1C(=O)O[C@H](C)[C@H](NC(=O)c2ccccc2O)C(=O)O[C@@H](C)[C@@H]1OC(=O)CC(C)C. The number of aromatic hydroxyl groups is 1. The Morgan fingerprint density at radius 3 is 2.35 bits per heavy atom. The molecule has 1 aromatic rings. The van der Waals surface area contributed by atoms with Gasteiger partial charge in [0.15, 0.2) is 12.1 Å². The summed E-state index contributed by atoms with van der Waals surface area (Å²) in [5, 5.41) is 12.5. The molecular formula is C25H35NO8. The van der Waals surface area contributed by atoms with Gasteiger partial charge in [-0.2, -0.15) is 0 Å². The molecule has 1 saturated heterocycles. The molecule has 2 rings (SSSR count).